The zero-order valence-corrected chi connectivity index (χ0v) is 10.5. The predicted octanol–water partition coefficient (Wildman–Crippen LogP) is 2.83. The van der Waals surface area contributed by atoms with Crippen LogP contribution in [0.5, 0.6) is 0 Å². The molecule has 0 aliphatic heterocycles. The zero-order valence-electron chi connectivity index (χ0n) is 7.07. The Morgan fingerprint density at radius 1 is 0.800 bits per heavy atom. The Morgan fingerprint density at radius 3 is 1.00 bits per heavy atom. The van der Waals surface area contributed by atoms with Crippen LogP contribution in [0.1, 0.15) is 20.8 Å². The summed E-state index contributed by atoms with van der Waals surface area (Å²) in [6.07, 6.45) is 0. The fourth-order valence-corrected chi connectivity index (χ4v) is 8.58. The Balaban J connectivity index is 4.43. The van der Waals surface area contributed by atoms with Crippen molar-refractivity contribution in [2.24, 2.45) is 0 Å². The first-order valence-corrected chi connectivity index (χ1v) is 8.45. The van der Waals surface area contributed by atoms with Crippen molar-refractivity contribution >= 4 is 21.8 Å². The van der Waals surface area contributed by atoms with Gasteiger partial charge in [-0.1, -0.05) is 0 Å². The quantitative estimate of drug-likeness (QED) is 0.697. The van der Waals surface area contributed by atoms with Crippen LogP contribution in [-0.2, 0) is 0 Å². The Bertz CT molecular complexity index is 144. The molecule has 0 aliphatic rings. The van der Waals surface area contributed by atoms with Gasteiger partial charge in [-0.3, -0.25) is 0 Å². The third-order valence-corrected chi connectivity index (χ3v) is 10.0. The molecule has 0 saturated heterocycles. The molecule has 0 N–H and O–H groups in total. The Hall–Kier alpha value is 0.103. The molecule has 10 heavy (non-hydrogen) atoms. The number of allylic oxidation sites excluding steroid dienone is 3. The fraction of sp³-hybridized carbons (Fsp3) is 0.333. The van der Waals surface area contributed by atoms with Crippen LogP contribution in [0.15, 0.2) is 29.6 Å². The molecule has 0 nitrogen and oxygen atoms in total. The van der Waals surface area contributed by atoms with Crippen LogP contribution in [0.4, 0.5) is 0 Å². The van der Waals surface area contributed by atoms with E-state index >= 15 is 0 Å². The molecule has 0 amide bonds. The van der Waals surface area contributed by atoms with Gasteiger partial charge in [0.15, 0.2) is 0 Å². The molecule has 56 valence electrons. The summed E-state index contributed by atoms with van der Waals surface area (Å²) >= 11 is -1.66. The van der Waals surface area contributed by atoms with Gasteiger partial charge in [-0.2, -0.15) is 0 Å². The minimum atomic E-state index is -1.66. The molecule has 0 radical (unpaired) electrons. The van der Waals surface area contributed by atoms with Crippen LogP contribution < -0.4 is 0 Å². The fourth-order valence-electron chi connectivity index (χ4n) is 0.977. The first kappa shape index (κ1) is 10.1. The average molecular weight is 332 g/mol. The summed E-state index contributed by atoms with van der Waals surface area (Å²) in [7, 11) is 0. The van der Waals surface area contributed by atoms with Crippen LogP contribution in [0, 0.1) is 0 Å². The van der Waals surface area contributed by atoms with Gasteiger partial charge in [0.2, 0.25) is 0 Å². The second-order valence-corrected chi connectivity index (χ2v) is 14.1. The van der Waals surface area contributed by atoms with Crippen molar-refractivity contribution in [1.29, 1.82) is 0 Å². The summed E-state index contributed by atoms with van der Waals surface area (Å²) < 4.78 is 3.99. The Kier molecular flexibility index (Phi) is 4.12. The third kappa shape index (κ3) is 2.79. The van der Waals surface area contributed by atoms with E-state index in [0.29, 0.717) is 0 Å². The summed E-state index contributed by atoms with van der Waals surface area (Å²) in [5.74, 6) is 0. The summed E-state index contributed by atoms with van der Waals surface area (Å²) in [5, 5.41) is 0. The average Bonchev–Trinajstić information content (AvgIpc) is 1.59. The summed E-state index contributed by atoms with van der Waals surface area (Å²) in [6.45, 7) is 18.2. The molecule has 0 aromatic rings. The van der Waals surface area contributed by atoms with E-state index in [9.17, 15) is 0 Å². The third-order valence-electron chi connectivity index (χ3n) is 1.15. The maximum atomic E-state index is 3.97. The summed E-state index contributed by atoms with van der Waals surface area (Å²) in [6, 6.07) is 0. The SMILES string of the molecule is C=[C](C)[Bi]([C](=C)C)[C](=C)C. The normalized spacial score (nSPS) is 9.60. The van der Waals surface area contributed by atoms with Crippen LogP contribution in [0.25, 0.3) is 0 Å². The van der Waals surface area contributed by atoms with Crippen LogP contribution in [0.3, 0.4) is 0 Å². The topological polar surface area (TPSA) is 0 Å². The summed E-state index contributed by atoms with van der Waals surface area (Å²) in [5.41, 5.74) is 0. The molecule has 0 fully saturated rings. The molecule has 0 atom stereocenters. The Morgan fingerprint density at radius 2 is 1.00 bits per heavy atom. The maximum absolute atomic E-state index is 3.97. The molecule has 0 aromatic carbocycles. The van der Waals surface area contributed by atoms with Gasteiger partial charge in [-0.15, -0.1) is 0 Å². The van der Waals surface area contributed by atoms with Crippen molar-refractivity contribution in [1.82, 2.24) is 0 Å². The van der Waals surface area contributed by atoms with E-state index in [4.69, 9.17) is 0 Å². The van der Waals surface area contributed by atoms with Crippen molar-refractivity contribution in [3.05, 3.63) is 29.6 Å². The molecule has 0 bridgehead atoms. The molecule has 0 rings (SSSR count). The van der Waals surface area contributed by atoms with E-state index in [1.54, 1.807) is 0 Å². The zero-order chi connectivity index (χ0) is 8.31. The van der Waals surface area contributed by atoms with E-state index in [2.05, 4.69) is 40.5 Å². The van der Waals surface area contributed by atoms with Gasteiger partial charge in [0.25, 0.3) is 0 Å². The molecular weight excluding hydrogens is 317 g/mol. The standard InChI is InChI=1S/3C3H5.Bi/c3*1-3-2;/h3*1H2,2H3;. The predicted molar refractivity (Wildman–Crippen MR) is 50.2 cm³/mol. The van der Waals surface area contributed by atoms with Gasteiger partial charge in [-0.25, -0.2) is 0 Å². The second-order valence-electron chi connectivity index (χ2n) is 2.54. The van der Waals surface area contributed by atoms with Crippen LogP contribution >= 0.6 is 0 Å². The first-order valence-electron chi connectivity index (χ1n) is 3.23. The van der Waals surface area contributed by atoms with Crippen molar-refractivity contribution < 1.29 is 0 Å². The van der Waals surface area contributed by atoms with Crippen molar-refractivity contribution in [2.75, 3.05) is 0 Å². The van der Waals surface area contributed by atoms with E-state index in [1.807, 2.05) is 0 Å². The van der Waals surface area contributed by atoms with E-state index in [-0.39, 0.29) is 0 Å². The van der Waals surface area contributed by atoms with E-state index in [1.165, 1.54) is 9.84 Å². The van der Waals surface area contributed by atoms with Crippen LogP contribution in [-0.4, -0.2) is 21.8 Å². The van der Waals surface area contributed by atoms with E-state index < -0.39 is 21.8 Å². The number of hydrogen-bond acceptors (Lipinski definition) is 0. The number of rotatable bonds is 3. The van der Waals surface area contributed by atoms with Gasteiger partial charge < -0.3 is 0 Å². The van der Waals surface area contributed by atoms with Crippen molar-refractivity contribution in [2.45, 2.75) is 20.8 Å². The first-order chi connectivity index (χ1) is 4.46. The molecule has 0 saturated carbocycles. The van der Waals surface area contributed by atoms with Gasteiger partial charge in [0, 0.05) is 0 Å². The molecule has 0 aromatic heterocycles. The van der Waals surface area contributed by atoms with Gasteiger partial charge in [0.05, 0.1) is 0 Å². The second kappa shape index (κ2) is 4.08. The van der Waals surface area contributed by atoms with Crippen molar-refractivity contribution in [3.63, 3.8) is 0 Å². The summed E-state index contributed by atoms with van der Waals surface area (Å²) in [4.78, 5) is 0. The minimum absolute atomic E-state index is 1.33. The van der Waals surface area contributed by atoms with Crippen LogP contribution in [0.2, 0.25) is 0 Å². The number of hydrogen-bond donors (Lipinski definition) is 0. The Labute approximate surface area is 72.0 Å². The van der Waals surface area contributed by atoms with Gasteiger partial charge in [0.1, 0.15) is 0 Å². The molecular formula is C9H15Bi. The monoisotopic (exact) mass is 332 g/mol. The van der Waals surface area contributed by atoms with Crippen molar-refractivity contribution in [3.8, 4) is 0 Å². The molecule has 0 heterocycles. The van der Waals surface area contributed by atoms with Gasteiger partial charge in [-0.05, 0) is 0 Å². The molecule has 0 spiro atoms. The molecule has 0 aliphatic carbocycles. The molecule has 0 unspecified atom stereocenters. The van der Waals surface area contributed by atoms with E-state index in [0.717, 1.165) is 0 Å². The van der Waals surface area contributed by atoms with Gasteiger partial charge >= 0.3 is 72.1 Å². The molecule has 1 heteroatoms.